The van der Waals surface area contributed by atoms with Crippen LogP contribution in [0.15, 0.2) is 0 Å². The minimum Gasteiger partial charge on any atom is -0.481 e. The van der Waals surface area contributed by atoms with Crippen LogP contribution in [0.1, 0.15) is 53.4 Å². The average molecular weight is 348 g/mol. The second-order valence-corrected chi connectivity index (χ2v) is 6.66. The smallest absolute Gasteiger partial charge is 0.481 e. The standard InChI is InChI=1S/C9H19.C4H6O7S.Na/c1-5-6-7-9(4)8(2)3;5-3(6)1-2(4(7)8)12(9,10)11;/h9H,5-7H2,1-4H3;2H,1H2,(H,5,6)(H,7,8)(H,9,10,11);/q-1;;+1. The number of aliphatic carboxylic acids is 2. The van der Waals surface area contributed by atoms with Crippen molar-refractivity contribution in [1.82, 2.24) is 0 Å². The number of carboxylic acid groups (broad SMARTS) is 2. The molecule has 0 aliphatic heterocycles. The van der Waals surface area contributed by atoms with Crippen molar-refractivity contribution in [3.8, 4) is 0 Å². The van der Waals surface area contributed by atoms with Gasteiger partial charge in [-0.05, 0) is 0 Å². The van der Waals surface area contributed by atoms with Crippen LogP contribution in [-0.4, -0.2) is 40.4 Å². The van der Waals surface area contributed by atoms with Gasteiger partial charge in [0.1, 0.15) is 0 Å². The van der Waals surface area contributed by atoms with Crippen molar-refractivity contribution < 1.29 is 62.3 Å². The van der Waals surface area contributed by atoms with Crippen molar-refractivity contribution >= 4 is 22.1 Å². The molecule has 0 aliphatic rings. The van der Waals surface area contributed by atoms with Crippen molar-refractivity contribution in [3.63, 3.8) is 0 Å². The van der Waals surface area contributed by atoms with Gasteiger partial charge in [0, 0.05) is 0 Å². The van der Waals surface area contributed by atoms with Gasteiger partial charge < -0.3 is 16.1 Å². The first-order chi connectivity index (χ1) is 9.43. The summed E-state index contributed by atoms with van der Waals surface area (Å²) >= 11 is 0. The van der Waals surface area contributed by atoms with Crippen LogP contribution in [-0.2, 0) is 19.7 Å². The molecule has 0 aromatic heterocycles. The van der Waals surface area contributed by atoms with Crippen LogP contribution in [0.2, 0.25) is 0 Å². The zero-order chi connectivity index (χ0) is 17.2. The Morgan fingerprint density at radius 1 is 1.18 bits per heavy atom. The van der Waals surface area contributed by atoms with Gasteiger partial charge in [-0.2, -0.15) is 28.2 Å². The predicted octanol–water partition coefficient (Wildman–Crippen LogP) is -0.767. The van der Waals surface area contributed by atoms with Crippen LogP contribution in [0.25, 0.3) is 0 Å². The van der Waals surface area contributed by atoms with Gasteiger partial charge in [0.25, 0.3) is 10.1 Å². The van der Waals surface area contributed by atoms with Gasteiger partial charge in [0.15, 0.2) is 5.25 Å². The number of carbonyl (C=O) groups is 2. The van der Waals surface area contributed by atoms with Crippen LogP contribution in [0.3, 0.4) is 0 Å². The van der Waals surface area contributed by atoms with Gasteiger partial charge >= 0.3 is 41.5 Å². The van der Waals surface area contributed by atoms with Gasteiger partial charge in [-0.1, -0.05) is 33.1 Å². The Balaban J connectivity index is -0.000000326. The van der Waals surface area contributed by atoms with E-state index in [1.54, 1.807) is 5.92 Å². The van der Waals surface area contributed by atoms with E-state index in [4.69, 9.17) is 14.8 Å². The summed E-state index contributed by atoms with van der Waals surface area (Å²) in [6, 6.07) is 0. The van der Waals surface area contributed by atoms with E-state index in [1.165, 1.54) is 19.3 Å². The third-order valence-corrected chi connectivity index (χ3v) is 4.06. The van der Waals surface area contributed by atoms with E-state index in [2.05, 4.69) is 27.7 Å². The summed E-state index contributed by atoms with van der Waals surface area (Å²) in [7, 11) is -4.84. The Morgan fingerprint density at radius 3 is 1.82 bits per heavy atom. The zero-order valence-corrected chi connectivity index (χ0v) is 16.7. The molecule has 0 aromatic carbocycles. The largest absolute Gasteiger partial charge is 1.00 e. The maximum atomic E-state index is 10.2. The van der Waals surface area contributed by atoms with Crippen LogP contribution >= 0.6 is 0 Å². The number of carboxylic acids is 2. The molecule has 0 fully saturated rings. The maximum Gasteiger partial charge on any atom is 1.00 e. The second-order valence-electron chi connectivity index (χ2n) is 5.06. The molecule has 7 nitrogen and oxygen atoms in total. The quantitative estimate of drug-likeness (QED) is 0.298. The molecule has 0 amide bonds. The molecule has 22 heavy (non-hydrogen) atoms. The molecule has 9 heteroatoms. The summed E-state index contributed by atoms with van der Waals surface area (Å²) in [6.07, 6.45) is 2.93. The zero-order valence-electron chi connectivity index (χ0n) is 13.9. The number of rotatable bonds is 8. The fourth-order valence-electron chi connectivity index (χ4n) is 1.28. The van der Waals surface area contributed by atoms with Gasteiger partial charge in [0.2, 0.25) is 0 Å². The second kappa shape index (κ2) is 13.3. The number of unbranched alkanes of at least 4 members (excludes halogenated alkanes) is 1. The SMILES string of the molecule is CCCCC(C)[C-](C)C.O=C(O)CC(C(=O)O)S(=O)(=O)O.[Na+]. The molecule has 0 radical (unpaired) electrons. The average Bonchev–Trinajstić information content (AvgIpc) is 2.31. The number of hydrogen-bond donors (Lipinski definition) is 3. The summed E-state index contributed by atoms with van der Waals surface area (Å²) in [5.41, 5.74) is 0. The molecular formula is C13H25NaO7S. The van der Waals surface area contributed by atoms with Crippen LogP contribution in [0.5, 0.6) is 0 Å². The molecule has 3 N–H and O–H groups in total. The Labute approximate surface area is 154 Å². The van der Waals surface area contributed by atoms with Crippen molar-refractivity contribution in [2.45, 2.75) is 58.6 Å². The van der Waals surface area contributed by atoms with E-state index in [9.17, 15) is 18.0 Å². The molecule has 0 saturated carbocycles. The van der Waals surface area contributed by atoms with E-state index >= 15 is 0 Å². The minimum atomic E-state index is -4.84. The van der Waals surface area contributed by atoms with E-state index in [0.717, 1.165) is 5.92 Å². The Hall–Kier alpha value is -0.150. The Kier molecular flexibility index (Phi) is 16.2. The summed E-state index contributed by atoms with van der Waals surface area (Å²) in [4.78, 5) is 20.0. The van der Waals surface area contributed by atoms with Crippen molar-refractivity contribution in [2.75, 3.05) is 0 Å². The van der Waals surface area contributed by atoms with Gasteiger partial charge in [0.05, 0.1) is 6.42 Å². The fraction of sp³-hybridized carbons (Fsp3) is 0.769. The molecule has 0 aliphatic carbocycles. The van der Waals surface area contributed by atoms with E-state index < -0.39 is 33.7 Å². The molecule has 0 saturated heterocycles. The molecule has 0 spiro atoms. The molecule has 0 bridgehead atoms. The maximum absolute atomic E-state index is 10.2. The Morgan fingerprint density at radius 2 is 1.64 bits per heavy atom. The first kappa shape index (κ1) is 26.7. The normalized spacial score (nSPS) is 13.4. The summed E-state index contributed by atoms with van der Waals surface area (Å²) in [6.45, 7) is 9.00. The number of hydrogen-bond acceptors (Lipinski definition) is 4. The summed E-state index contributed by atoms with van der Waals surface area (Å²) < 4.78 is 28.7. The fourth-order valence-corrected chi connectivity index (χ4v) is 1.89. The van der Waals surface area contributed by atoms with Gasteiger partial charge in [-0.15, -0.1) is 0 Å². The first-order valence-electron chi connectivity index (χ1n) is 6.64. The van der Waals surface area contributed by atoms with E-state index in [0.29, 0.717) is 0 Å². The third-order valence-electron chi connectivity index (χ3n) is 2.97. The Bertz CT molecular complexity index is 420. The molecule has 2 atom stereocenters. The topological polar surface area (TPSA) is 129 Å². The van der Waals surface area contributed by atoms with E-state index in [-0.39, 0.29) is 29.6 Å². The minimum absolute atomic E-state index is 0. The van der Waals surface area contributed by atoms with Crippen LogP contribution < -0.4 is 29.6 Å². The van der Waals surface area contributed by atoms with Crippen LogP contribution in [0.4, 0.5) is 0 Å². The summed E-state index contributed by atoms with van der Waals surface area (Å²) in [5.74, 6) is -1.09. The van der Waals surface area contributed by atoms with Crippen LogP contribution in [0, 0.1) is 11.8 Å². The van der Waals surface area contributed by atoms with Crippen molar-refractivity contribution in [2.24, 2.45) is 5.92 Å². The van der Waals surface area contributed by atoms with Gasteiger partial charge in [-0.25, -0.2) is 0 Å². The van der Waals surface area contributed by atoms with Crippen molar-refractivity contribution in [1.29, 1.82) is 0 Å². The van der Waals surface area contributed by atoms with Gasteiger partial charge in [-0.3, -0.25) is 14.1 Å². The molecule has 0 heterocycles. The molecule has 2 unspecified atom stereocenters. The first-order valence-corrected chi connectivity index (χ1v) is 8.14. The van der Waals surface area contributed by atoms with Crippen molar-refractivity contribution in [3.05, 3.63) is 5.92 Å². The predicted molar refractivity (Wildman–Crippen MR) is 78.5 cm³/mol. The third kappa shape index (κ3) is 14.8. The summed E-state index contributed by atoms with van der Waals surface area (Å²) in [5, 5.41) is 13.9. The molecule has 0 rings (SSSR count). The monoisotopic (exact) mass is 348 g/mol. The molecular weight excluding hydrogens is 323 g/mol. The van der Waals surface area contributed by atoms with E-state index in [1.807, 2.05) is 0 Å². The molecule has 126 valence electrons. The molecule has 0 aromatic rings.